The molecule has 0 aliphatic carbocycles. The third-order valence-corrected chi connectivity index (χ3v) is 4.74. The maximum atomic E-state index is 13.5. The number of aromatic nitrogens is 1. The minimum atomic E-state index is -0.347. The molecule has 1 atom stereocenters. The van der Waals surface area contributed by atoms with E-state index in [4.69, 9.17) is 0 Å². The average Bonchev–Trinajstić information content (AvgIpc) is 3.09. The van der Waals surface area contributed by atoms with E-state index in [9.17, 15) is 9.50 Å². The van der Waals surface area contributed by atoms with E-state index < -0.39 is 0 Å². The summed E-state index contributed by atoms with van der Waals surface area (Å²) in [5.74, 6) is -0.210. The smallest absolute Gasteiger partial charge is 0.123 e. The zero-order chi connectivity index (χ0) is 19.1. The van der Waals surface area contributed by atoms with Crippen molar-refractivity contribution in [1.29, 1.82) is 0 Å². The van der Waals surface area contributed by atoms with E-state index in [-0.39, 0.29) is 11.9 Å². The number of aliphatic hydroxyl groups is 1. The Balaban J connectivity index is 1.74. The summed E-state index contributed by atoms with van der Waals surface area (Å²) in [7, 11) is 0. The van der Waals surface area contributed by atoms with Crippen molar-refractivity contribution < 1.29 is 9.50 Å². The largest absolute Gasteiger partial charge is 0.392 e. The molecule has 3 aromatic rings. The van der Waals surface area contributed by atoms with Gasteiger partial charge < -0.3 is 9.67 Å². The Kier molecular flexibility index (Phi) is 6.80. The van der Waals surface area contributed by atoms with E-state index in [1.165, 1.54) is 11.6 Å². The fourth-order valence-corrected chi connectivity index (χ4v) is 3.26. The Morgan fingerprint density at radius 1 is 0.963 bits per heavy atom. The molecule has 3 nitrogen and oxygen atoms in total. The van der Waals surface area contributed by atoms with E-state index in [0.717, 1.165) is 30.8 Å². The first-order valence-electron chi connectivity index (χ1n) is 9.47. The van der Waals surface area contributed by atoms with Gasteiger partial charge in [-0.2, -0.15) is 0 Å². The van der Waals surface area contributed by atoms with Crippen LogP contribution in [0.5, 0.6) is 0 Å². The van der Waals surface area contributed by atoms with Crippen LogP contribution in [-0.4, -0.2) is 27.2 Å². The molecule has 4 heteroatoms. The van der Waals surface area contributed by atoms with Crippen LogP contribution in [0.1, 0.15) is 30.2 Å². The van der Waals surface area contributed by atoms with Gasteiger partial charge in [0.15, 0.2) is 0 Å². The molecule has 3 rings (SSSR count). The minimum Gasteiger partial charge on any atom is -0.392 e. The molecule has 0 bridgehead atoms. The lowest BCUT2D eigenvalue weighted by molar-refractivity contribution is 0.100. The summed E-state index contributed by atoms with van der Waals surface area (Å²) in [6, 6.07) is 21.1. The van der Waals surface area contributed by atoms with Crippen LogP contribution in [-0.2, 0) is 19.6 Å². The van der Waals surface area contributed by atoms with Gasteiger partial charge in [-0.1, -0.05) is 49.4 Å². The van der Waals surface area contributed by atoms with Crippen molar-refractivity contribution in [3.63, 3.8) is 0 Å². The molecule has 0 saturated heterocycles. The second-order valence-corrected chi connectivity index (χ2v) is 6.97. The van der Waals surface area contributed by atoms with Crippen molar-refractivity contribution in [3.8, 4) is 0 Å². The van der Waals surface area contributed by atoms with Crippen molar-refractivity contribution in [3.05, 3.63) is 95.6 Å². The Bertz CT molecular complexity index is 831. The molecule has 1 heterocycles. The lowest BCUT2D eigenvalue weighted by atomic mass is 10.2. The Labute approximate surface area is 160 Å². The van der Waals surface area contributed by atoms with Crippen molar-refractivity contribution >= 4 is 0 Å². The van der Waals surface area contributed by atoms with E-state index >= 15 is 0 Å². The first-order chi connectivity index (χ1) is 13.1. The summed E-state index contributed by atoms with van der Waals surface area (Å²) in [5, 5.41) is 10.2. The highest BCUT2D eigenvalue weighted by Gasteiger charge is 2.14. The molecule has 0 aliphatic rings. The van der Waals surface area contributed by atoms with Gasteiger partial charge in [-0.3, -0.25) is 4.90 Å². The summed E-state index contributed by atoms with van der Waals surface area (Å²) in [6.45, 7) is 4.77. The van der Waals surface area contributed by atoms with Gasteiger partial charge in [0.2, 0.25) is 0 Å². The molecule has 142 valence electrons. The monoisotopic (exact) mass is 366 g/mol. The average molecular weight is 366 g/mol. The van der Waals surface area contributed by atoms with Crippen LogP contribution in [0.3, 0.4) is 0 Å². The predicted molar refractivity (Wildman–Crippen MR) is 107 cm³/mol. The number of aliphatic hydroxyl groups excluding tert-OH is 1. The van der Waals surface area contributed by atoms with Gasteiger partial charge in [-0.05, 0) is 41.8 Å². The Morgan fingerprint density at radius 3 is 2.48 bits per heavy atom. The maximum absolute atomic E-state index is 13.5. The molecular formula is C23H27FN2O. The summed E-state index contributed by atoms with van der Waals surface area (Å²) >= 11 is 0. The highest BCUT2D eigenvalue weighted by molar-refractivity contribution is 5.19. The number of hydrogen-bond donors (Lipinski definition) is 1. The predicted octanol–water partition coefficient (Wildman–Crippen LogP) is 4.45. The number of benzene rings is 2. The highest BCUT2D eigenvalue weighted by Crippen LogP contribution is 2.15. The van der Waals surface area contributed by atoms with Gasteiger partial charge in [-0.25, -0.2) is 4.39 Å². The van der Waals surface area contributed by atoms with Crippen LogP contribution in [0.25, 0.3) is 0 Å². The van der Waals surface area contributed by atoms with E-state index in [2.05, 4.69) is 27.7 Å². The van der Waals surface area contributed by atoms with Gasteiger partial charge in [0.25, 0.3) is 0 Å². The Morgan fingerprint density at radius 2 is 1.74 bits per heavy atom. The van der Waals surface area contributed by atoms with E-state index in [1.54, 1.807) is 12.1 Å². The highest BCUT2D eigenvalue weighted by atomic mass is 19.1. The molecule has 0 aliphatic heterocycles. The molecule has 0 radical (unpaired) electrons. The van der Waals surface area contributed by atoms with Crippen LogP contribution in [0.4, 0.5) is 4.39 Å². The fourth-order valence-electron chi connectivity index (χ4n) is 3.26. The molecular weight excluding hydrogens is 339 g/mol. The third kappa shape index (κ3) is 5.78. The third-order valence-electron chi connectivity index (χ3n) is 4.74. The zero-order valence-corrected chi connectivity index (χ0v) is 15.8. The molecule has 2 aromatic carbocycles. The topological polar surface area (TPSA) is 28.4 Å². The summed E-state index contributed by atoms with van der Waals surface area (Å²) in [4.78, 5) is 2.26. The first-order valence-corrected chi connectivity index (χ1v) is 9.47. The second-order valence-electron chi connectivity index (χ2n) is 6.97. The molecule has 0 fully saturated rings. The first kappa shape index (κ1) is 19.3. The lowest BCUT2D eigenvalue weighted by Crippen LogP contribution is -2.32. The SMILES string of the molecule is CC[C@H](O)CN(Cc1ccccc1)Cc1cccn1Cc1cccc(F)c1. The fraction of sp³-hybridized carbons (Fsp3) is 0.304. The summed E-state index contributed by atoms with van der Waals surface area (Å²) in [6.07, 6.45) is 2.41. The summed E-state index contributed by atoms with van der Waals surface area (Å²) < 4.78 is 15.6. The van der Waals surface area contributed by atoms with Crippen molar-refractivity contribution in [1.82, 2.24) is 9.47 Å². The van der Waals surface area contributed by atoms with Gasteiger partial charge in [0.05, 0.1) is 6.10 Å². The molecule has 0 spiro atoms. The second kappa shape index (κ2) is 9.49. The van der Waals surface area contributed by atoms with E-state index in [1.807, 2.05) is 43.5 Å². The van der Waals surface area contributed by atoms with Crippen molar-refractivity contribution in [2.45, 2.75) is 39.1 Å². The maximum Gasteiger partial charge on any atom is 0.123 e. The number of hydrogen-bond acceptors (Lipinski definition) is 2. The van der Waals surface area contributed by atoms with Crippen molar-refractivity contribution in [2.24, 2.45) is 0 Å². The number of nitrogens with zero attached hydrogens (tertiary/aromatic N) is 2. The standard InChI is InChI=1S/C23H27FN2O/c1-2-23(27)18-25(15-19-8-4-3-5-9-19)17-22-12-7-13-26(22)16-20-10-6-11-21(24)14-20/h3-14,23,27H,2,15-18H2,1H3/t23-/m0/s1. The summed E-state index contributed by atoms with van der Waals surface area (Å²) in [5.41, 5.74) is 3.32. The van der Waals surface area contributed by atoms with Crippen LogP contribution in [0, 0.1) is 5.82 Å². The molecule has 1 N–H and O–H groups in total. The van der Waals surface area contributed by atoms with E-state index in [0.29, 0.717) is 13.1 Å². The molecule has 27 heavy (non-hydrogen) atoms. The van der Waals surface area contributed by atoms with Gasteiger partial charge in [-0.15, -0.1) is 0 Å². The van der Waals surface area contributed by atoms with Gasteiger partial charge in [0.1, 0.15) is 5.82 Å². The quantitative estimate of drug-likeness (QED) is 0.606. The molecule has 0 unspecified atom stereocenters. The zero-order valence-electron chi connectivity index (χ0n) is 15.8. The lowest BCUT2D eigenvalue weighted by Gasteiger charge is -2.25. The van der Waals surface area contributed by atoms with Gasteiger partial charge in [0, 0.05) is 38.1 Å². The van der Waals surface area contributed by atoms with Crippen LogP contribution in [0.2, 0.25) is 0 Å². The molecule has 1 aromatic heterocycles. The van der Waals surface area contributed by atoms with Crippen molar-refractivity contribution in [2.75, 3.05) is 6.54 Å². The minimum absolute atomic E-state index is 0.210. The number of halogens is 1. The molecule has 0 saturated carbocycles. The Hall–Kier alpha value is -2.43. The normalized spacial score (nSPS) is 12.4. The van der Waals surface area contributed by atoms with Gasteiger partial charge >= 0.3 is 0 Å². The number of rotatable bonds is 9. The molecule has 0 amide bonds. The van der Waals surface area contributed by atoms with Crippen LogP contribution >= 0.6 is 0 Å². The van der Waals surface area contributed by atoms with Crippen LogP contribution in [0.15, 0.2) is 72.9 Å². The van der Waals surface area contributed by atoms with Crippen LogP contribution < -0.4 is 0 Å².